The lowest BCUT2D eigenvalue weighted by Gasteiger charge is -2.23. The number of nitrogens with one attached hydrogen (secondary N) is 1. The number of para-hydroxylation sites is 1. The summed E-state index contributed by atoms with van der Waals surface area (Å²) >= 11 is 3.55. The second kappa shape index (κ2) is 11.4. The van der Waals surface area contributed by atoms with Crippen molar-refractivity contribution in [3.63, 3.8) is 0 Å². The van der Waals surface area contributed by atoms with E-state index in [9.17, 15) is 10.1 Å². The van der Waals surface area contributed by atoms with Crippen LogP contribution in [0.4, 0.5) is 11.5 Å². The SMILES string of the molecule is COc1nc(N(OC)c2ccc(C=C(C#N)C(=O)NCc3ccccc3)c(Br)c2)c2ccccc2n1. The maximum Gasteiger partial charge on any atom is 0.318 e. The molecule has 4 aromatic rings. The number of aromatic nitrogens is 2. The summed E-state index contributed by atoms with van der Waals surface area (Å²) in [6.07, 6.45) is 1.54. The zero-order valence-electron chi connectivity index (χ0n) is 19.6. The van der Waals surface area contributed by atoms with Crippen molar-refractivity contribution in [2.45, 2.75) is 6.54 Å². The van der Waals surface area contributed by atoms with Gasteiger partial charge in [0.25, 0.3) is 5.91 Å². The van der Waals surface area contributed by atoms with Crippen molar-refractivity contribution in [2.75, 3.05) is 19.3 Å². The third kappa shape index (κ3) is 5.51. The van der Waals surface area contributed by atoms with Gasteiger partial charge < -0.3 is 10.1 Å². The maximum absolute atomic E-state index is 12.6. The summed E-state index contributed by atoms with van der Waals surface area (Å²) in [4.78, 5) is 27.1. The highest BCUT2D eigenvalue weighted by atomic mass is 79.9. The first-order valence-corrected chi connectivity index (χ1v) is 11.7. The second-order valence-corrected chi connectivity index (χ2v) is 8.43. The summed E-state index contributed by atoms with van der Waals surface area (Å²) in [5, 5.41) is 14.7. The van der Waals surface area contributed by atoms with Crippen LogP contribution in [-0.2, 0) is 16.2 Å². The Labute approximate surface area is 216 Å². The number of methoxy groups -OCH3 is 1. The highest BCUT2D eigenvalue weighted by Gasteiger charge is 2.18. The van der Waals surface area contributed by atoms with Crippen LogP contribution in [0.2, 0.25) is 0 Å². The smallest absolute Gasteiger partial charge is 0.318 e. The number of hydrogen-bond donors (Lipinski definition) is 1. The number of amides is 1. The lowest BCUT2D eigenvalue weighted by molar-refractivity contribution is -0.117. The number of nitriles is 1. The highest BCUT2D eigenvalue weighted by molar-refractivity contribution is 9.10. The molecule has 3 aromatic carbocycles. The first-order valence-electron chi connectivity index (χ1n) is 10.9. The van der Waals surface area contributed by atoms with Gasteiger partial charge in [0.2, 0.25) is 0 Å². The molecular weight excluding hydrogens is 522 g/mol. The lowest BCUT2D eigenvalue weighted by Crippen LogP contribution is -2.23. The monoisotopic (exact) mass is 543 g/mol. The van der Waals surface area contributed by atoms with Crippen molar-refractivity contribution in [3.05, 3.63) is 94.0 Å². The third-order valence-electron chi connectivity index (χ3n) is 5.30. The Morgan fingerprint density at radius 3 is 2.53 bits per heavy atom. The molecule has 0 aliphatic heterocycles. The largest absolute Gasteiger partial charge is 0.467 e. The summed E-state index contributed by atoms with van der Waals surface area (Å²) in [7, 11) is 3.04. The molecule has 1 aromatic heterocycles. The zero-order chi connectivity index (χ0) is 25.5. The number of nitrogens with zero attached hydrogens (tertiary/aromatic N) is 4. The molecule has 0 saturated heterocycles. The van der Waals surface area contributed by atoms with Gasteiger partial charge in [-0.1, -0.05) is 64.5 Å². The third-order valence-corrected chi connectivity index (χ3v) is 5.99. The van der Waals surface area contributed by atoms with Crippen LogP contribution in [0, 0.1) is 11.3 Å². The lowest BCUT2D eigenvalue weighted by atomic mass is 10.1. The molecule has 0 bridgehead atoms. The fourth-order valence-corrected chi connectivity index (χ4v) is 4.02. The molecule has 36 heavy (non-hydrogen) atoms. The van der Waals surface area contributed by atoms with Crippen LogP contribution >= 0.6 is 15.9 Å². The van der Waals surface area contributed by atoms with Crippen molar-refractivity contribution < 1.29 is 14.4 Å². The Morgan fingerprint density at radius 1 is 1.08 bits per heavy atom. The van der Waals surface area contributed by atoms with Crippen LogP contribution in [-0.4, -0.2) is 30.1 Å². The van der Waals surface area contributed by atoms with Crippen molar-refractivity contribution in [1.82, 2.24) is 15.3 Å². The summed E-state index contributed by atoms with van der Waals surface area (Å²) in [6, 6.07) is 24.7. The predicted molar refractivity (Wildman–Crippen MR) is 141 cm³/mol. The van der Waals surface area contributed by atoms with Crippen LogP contribution in [0.15, 0.2) is 82.8 Å². The van der Waals surface area contributed by atoms with Crippen LogP contribution < -0.4 is 15.1 Å². The van der Waals surface area contributed by atoms with Gasteiger partial charge in [-0.15, -0.1) is 0 Å². The molecule has 0 aliphatic carbocycles. The Balaban J connectivity index is 1.62. The van der Waals surface area contributed by atoms with E-state index in [1.165, 1.54) is 20.3 Å². The van der Waals surface area contributed by atoms with Gasteiger partial charge >= 0.3 is 6.01 Å². The number of carbonyl (C=O) groups excluding carboxylic acids is 1. The van der Waals surface area contributed by atoms with Crippen LogP contribution in [0.3, 0.4) is 0 Å². The van der Waals surface area contributed by atoms with Gasteiger partial charge in [-0.2, -0.15) is 15.2 Å². The predicted octanol–water partition coefficient (Wildman–Crippen LogP) is 5.32. The summed E-state index contributed by atoms with van der Waals surface area (Å²) in [6.45, 7) is 0.331. The second-order valence-electron chi connectivity index (χ2n) is 7.57. The van der Waals surface area contributed by atoms with E-state index in [0.29, 0.717) is 33.6 Å². The number of carbonyl (C=O) groups is 1. The Hall–Kier alpha value is -4.26. The Kier molecular flexibility index (Phi) is 7.90. The van der Waals surface area contributed by atoms with Gasteiger partial charge in [0.05, 0.1) is 25.4 Å². The van der Waals surface area contributed by atoms with Gasteiger partial charge in [0.15, 0.2) is 5.82 Å². The first kappa shape index (κ1) is 24.9. The number of anilines is 2. The molecule has 0 aliphatic rings. The molecule has 180 valence electrons. The van der Waals surface area contributed by atoms with Crippen molar-refractivity contribution >= 4 is 50.3 Å². The Morgan fingerprint density at radius 2 is 1.83 bits per heavy atom. The van der Waals surface area contributed by atoms with E-state index in [0.717, 1.165) is 10.9 Å². The molecule has 0 spiro atoms. The summed E-state index contributed by atoms with van der Waals surface area (Å²) < 4.78 is 5.94. The number of halogens is 1. The molecule has 0 atom stereocenters. The van der Waals surface area contributed by atoms with E-state index in [-0.39, 0.29) is 11.6 Å². The molecule has 0 saturated carbocycles. The molecular formula is C27H22BrN5O3. The van der Waals surface area contributed by atoms with Crippen molar-refractivity contribution in [3.8, 4) is 12.1 Å². The van der Waals surface area contributed by atoms with E-state index in [2.05, 4.69) is 31.2 Å². The van der Waals surface area contributed by atoms with E-state index in [4.69, 9.17) is 9.57 Å². The minimum absolute atomic E-state index is 0.00508. The molecule has 4 rings (SSSR count). The molecule has 0 radical (unpaired) electrons. The molecule has 9 heteroatoms. The average molecular weight is 544 g/mol. The number of benzene rings is 3. The van der Waals surface area contributed by atoms with E-state index < -0.39 is 5.91 Å². The molecule has 0 unspecified atom stereocenters. The minimum Gasteiger partial charge on any atom is -0.467 e. The number of rotatable bonds is 8. The van der Waals surface area contributed by atoms with Gasteiger partial charge in [0, 0.05) is 16.4 Å². The van der Waals surface area contributed by atoms with Gasteiger partial charge in [-0.3, -0.25) is 9.63 Å². The van der Waals surface area contributed by atoms with Gasteiger partial charge in [0.1, 0.15) is 11.6 Å². The Bertz CT molecular complexity index is 1470. The molecule has 8 nitrogen and oxygen atoms in total. The number of hydrogen-bond acceptors (Lipinski definition) is 7. The normalized spacial score (nSPS) is 11.1. The molecule has 1 N–H and O–H groups in total. The average Bonchev–Trinajstić information content (AvgIpc) is 2.92. The number of ether oxygens (including phenoxy) is 1. The minimum atomic E-state index is -0.449. The van der Waals surface area contributed by atoms with Crippen LogP contribution in [0.5, 0.6) is 6.01 Å². The molecule has 1 amide bonds. The highest BCUT2D eigenvalue weighted by Crippen LogP contribution is 2.34. The first-order chi connectivity index (χ1) is 17.5. The maximum atomic E-state index is 12.6. The van der Waals surface area contributed by atoms with E-state index in [1.54, 1.807) is 17.2 Å². The van der Waals surface area contributed by atoms with Gasteiger partial charge in [-0.25, -0.2) is 5.06 Å². The summed E-state index contributed by atoms with van der Waals surface area (Å²) in [5.74, 6) is 0.0588. The fourth-order valence-electron chi connectivity index (χ4n) is 3.54. The quantitative estimate of drug-likeness (QED) is 0.182. The summed E-state index contributed by atoms with van der Waals surface area (Å²) in [5.41, 5.74) is 2.97. The molecule has 0 fully saturated rings. The van der Waals surface area contributed by atoms with E-state index >= 15 is 0 Å². The fraction of sp³-hybridized carbons (Fsp3) is 0.111. The standard InChI is InChI=1S/C27H22BrN5O3/c1-35-27-31-24-11-7-6-10-22(24)25(32-27)33(36-2)21-13-12-19(23(28)15-21)14-20(16-29)26(34)30-17-18-8-4-3-5-9-18/h3-15H,17H2,1-2H3,(H,30,34). The van der Waals surface area contributed by atoms with Crippen molar-refractivity contribution in [1.29, 1.82) is 5.26 Å². The van der Waals surface area contributed by atoms with E-state index in [1.807, 2.05) is 66.7 Å². The van der Waals surface area contributed by atoms with Crippen LogP contribution in [0.1, 0.15) is 11.1 Å². The van der Waals surface area contributed by atoms with Crippen molar-refractivity contribution in [2.24, 2.45) is 0 Å². The topological polar surface area (TPSA) is 100 Å². The van der Waals surface area contributed by atoms with Crippen LogP contribution in [0.25, 0.3) is 17.0 Å². The number of fused-ring (bicyclic) bond motifs is 1. The van der Waals surface area contributed by atoms with Gasteiger partial charge in [-0.05, 0) is 41.5 Å². The molecule has 1 heterocycles. The zero-order valence-corrected chi connectivity index (χ0v) is 21.2.